The summed E-state index contributed by atoms with van der Waals surface area (Å²) >= 11 is 0. The molecule has 38 heavy (non-hydrogen) atoms. The molecule has 7 nitrogen and oxygen atoms in total. The highest BCUT2D eigenvalue weighted by Gasteiger charge is 2.36. The van der Waals surface area contributed by atoms with Crippen molar-refractivity contribution in [2.75, 3.05) is 19.9 Å². The predicted octanol–water partition coefficient (Wildman–Crippen LogP) is 4.66. The van der Waals surface area contributed by atoms with Gasteiger partial charge in [-0.05, 0) is 66.6 Å². The van der Waals surface area contributed by atoms with Gasteiger partial charge >= 0.3 is 0 Å². The molecule has 0 atom stereocenters. The summed E-state index contributed by atoms with van der Waals surface area (Å²) in [4.78, 5) is 29.2. The summed E-state index contributed by atoms with van der Waals surface area (Å²) in [5, 5.41) is 12.4. The number of allylic oxidation sites excluding steroid dienone is 1. The molecule has 2 aromatic rings. The Hall–Kier alpha value is -3.89. The minimum atomic E-state index is -0.447. The molecular formula is C31H33N3O4. The number of benzene rings is 2. The van der Waals surface area contributed by atoms with Crippen LogP contribution in [-0.4, -0.2) is 42.0 Å². The lowest BCUT2D eigenvalue weighted by molar-refractivity contribution is -0.122. The SMILES string of the molecule is C=C(C(=O)NC1(CCN2CCc3cc(C#N)ccc3C2)CCCCC1)C(=O)/C1=C/OCOc2cccc1c2. The fraction of sp³-hybridized carbons (Fsp3) is 0.387. The van der Waals surface area contributed by atoms with Gasteiger partial charge in [0.2, 0.25) is 12.6 Å². The minimum Gasteiger partial charge on any atom is -0.464 e. The van der Waals surface area contributed by atoms with Crippen LogP contribution in [0.2, 0.25) is 0 Å². The molecule has 3 aliphatic rings. The van der Waals surface area contributed by atoms with Gasteiger partial charge in [0.15, 0.2) is 0 Å². The molecular weight excluding hydrogens is 478 g/mol. The van der Waals surface area contributed by atoms with Crippen LogP contribution < -0.4 is 10.1 Å². The van der Waals surface area contributed by atoms with Crippen LogP contribution >= 0.6 is 0 Å². The Morgan fingerprint density at radius 1 is 1.11 bits per heavy atom. The van der Waals surface area contributed by atoms with Gasteiger partial charge in [0.05, 0.1) is 29.0 Å². The molecule has 1 saturated carbocycles. The van der Waals surface area contributed by atoms with E-state index in [1.807, 2.05) is 12.1 Å². The summed E-state index contributed by atoms with van der Waals surface area (Å²) in [5.74, 6) is -0.264. The van der Waals surface area contributed by atoms with E-state index in [0.717, 1.165) is 64.6 Å². The predicted molar refractivity (Wildman–Crippen MR) is 144 cm³/mol. The third kappa shape index (κ3) is 5.66. The van der Waals surface area contributed by atoms with E-state index >= 15 is 0 Å². The topological polar surface area (TPSA) is 91.7 Å². The Kier molecular flexibility index (Phi) is 7.62. The van der Waals surface area contributed by atoms with Gasteiger partial charge in [-0.1, -0.05) is 44.0 Å². The number of hydrogen-bond acceptors (Lipinski definition) is 6. The first-order valence-corrected chi connectivity index (χ1v) is 13.3. The maximum absolute atomic E-state index is 13.4. The van der Waals surface area contributed by atoms with E-state index in [9.17, 15) is 14.9 Å². The highest BCUT2D eigenvalue weighted by molar-refractivity contribution is 6.37. The quantitative estimate of drug-likeness (QED) is 0.330. The van der Waals surface area contributed by atoms with Crippen LogP contribution in [0.15, 0.2) is 60.9 Å². The molecule has 1 N–H and O–H groups in total. The number of ketones is 1. The molecule has 0 aromatic heterocycles. The summed E-state index contributed by atoms with van der Waals surface area (Å²) in [7, 11) is 0. The fourth-order valence-electron chi connectivity index (χ4n) is 5.72. The Morgan fingerprint density at radius 3 is 2.76 bits per heavy atom. The molecule has 2 bridgehead atoms. The zero-order valence-corrected chi connectivity index (χ0v) is 21.6. The zero-order valence-electron chi connectivity index (χ0n) is 21.6. The van der Waals surface area contributed by atoms with E-state index in [-0.39, 0.29) is 17.9 Å². The molecule has 0 radical (unpaired) electrons. The minimum absolute atomic E-state index is 0.0114. The zero-order chi connectivity index (χ0) is 26.5. The molecule has 1 fully saturated rings. The van der Waals surface area contributed by atoms with Crippen molar-refractivity contribution in [1.29, 1.82) is 5.26 Å². The third-order valence-corrected chi connectivity index (χ3v) is 7.96. The van der Waals surface area contributed by atoms with Crippen LogP contribution in [0.4, 0.5) is 0 Å². The van der Waals surface area contributed by atoms with Crippen LogP contribution in [0.25, 0.3) is 5.57 Å². The molecule has 5 rings (SSSR count). The van der Waals surface area contributed by atoms with E-state index in [1.54, 1.807) is 24.3 Å². The standard InChI is InChI=1S/C31H33N3O4/c1-22(29(35)28-20-37-21-38-27-7-5-6-25(28)17-27)30(36)33-31(11-3-2-4-12-31)13-15-34-14-10-24-16-23(18-32)8-9-26(24)19-34/h5-9,16-17,20H,1-4,10-15,19,21H2,(H,33,36)/b28-20+. The van der Waals surface area contributed by atoms with Gasteiger partial charge in [-0.2, -0.15) is 5.26 Å². The smallest absolute Gasteiger partial charge is 0.255 e. The molecule has 0 saturated heterocycles. The molecule has 0 spiro atoms. The summed E-state index contributed by atoms with van der Waals surface area (Å²) in [6.07, 6.45) is 8.11. The highest BCUT2D eigenvalue weighted by atomic mass is 16.7. The second-order valence-electron chi connectivity index (χ2n) is 10.5. The van der Waals surface area contributed by atoms with Crippen molar-refractivity contribution in [3.05, 3.63) is 83.1 Å². The van der Waals surface area contributed by atoms with Gasteiger partial charge < -0.3 is 14.8 Å². The number of fused-ring (bicyclic) bond motifs is 3. The Balaban J connectivity index is 1.25. The van der Waals surface area contributed by atoms with Crippen molar-refractivity contribution in [2.24, 2.45) is 0 Å². The van der Waals surface area contributed by atoms with Crippen molar-refractivity contribution >= 4 is 17.3 Å². The monoisotopic (exact) mass is 511 g/mol. The largest absolute Gasteiger partial charge is 0.464 e. The van der Waals surface area contributed by atoms with Crippen molar-refractivity contribution in [3.63, 3.8) is 0 Å². The van der Waals surface area contributed by atoms with Gasteiger partial charge in [-0.25, -0.2) is 0 Å². The fourth-order valence-corrected chi connectivity index (χ4v) is 5.72. The number of Topliss-reactive ketones (excluding diaryl/α,β-unsaturated/α-hetero) is 1. The van der Waals surface area contributed by atoms with Crippen molar-refractivity contribution in [3.8, 4) is 11.8 Å². The normalized spacial score (nSPS) is 19.6. The van der Waals surface area contributed by atoms with E-state index in [4.69, 9.17) is 9.47 Å². The molecule has 2 heterocycles. The Morgan fingerprint density at radius 2 is 1.95 bits per heavy atom. The highest BCUT2D eigenvalue weighted by Crippen LogP contribution is 2.33. The number of carbonyl (C=O) groups is 2. The van der Waals surface area contributed by atoms with Crippen LogP contribution in [0.3, 0.4) is 0 Å². The number of carbonyl (C=O) groups excluding carboxylic acids is 2. The molecule has 0 unspecified atom stereocenters. The van der Waals surface area contributed by atoms with E-state index < -0.39 is 11.7 Å². The van der Waals surface area contributed by atoms with Crippen LogP contribution in [-0.2, 0) is 27.3 Å². The number of nitrogens with one attached hydrogen (secondary N) is 1. The van der Waals surface area contributed by atoms with Gasteiger partial charge in [0.1, 0.15) is 5.75 Å². The average molecular weight is 512 g/mol. The first-order chi connectivity index (χ1) is 18.5. The molecule has 1 amide bonds. The molecule has 2 aromatic carbocycles. The molecule has 196 valence electrons. The second kappa shape index (κ2) is 11.2. The number of rotatable bonds is 7. The van der Waals surface area contributed by atoms with Crippen molar-refractivity contribution in [1.82, 2.24) is 10.2 Å². The summed E-state index contributed by atoms with van der Waals surface area (Å²) in [6, 6.07) is 15.3. The first-order valence-electron chi connectivity index (χ1n) is 13.3. The number of ether oxygens (including phenoxy) is 2. The van der Waals surface area contributed by atoms with Crippen LogP contribution in [0.1, 0.15) is 60.8 Å². The van der Waals surface area contributed by atoms with Gasteiger partial charge in [0.25, 0.3) is 5.91 Å². The maximum atomic E-state index is 13.4. The Bertz CT molecular complexity index is 1320. The number of amides is 1. The number of nitrogens with zero attached hydrogens (tertiary/aromatic N) is 2. The van der Waals surface area contributed by atoms with E-state index in [0.29, 0.717) is 22.4 Å². The van der Waals surface area contributed by atoms with E-state index in [2.05, 4.69) is 28.9 Å². The summed E-state index contributed by atoms with van der Waals surface area (Å²) < 4.78 is 10.8. The summed E-state index contributed by atoms with van der Waals surface area (Å²) in [6.45, 7) is 6.49. The van der Waals surface area contributed by atoms with E-state index in [1.165, 1.54) is 17.4 Å². The molecule has 2 aliphatic heterocycles. The lowest BCUT2D eigenvalue weighted by Crippen LogP contribution is -2.52. The second-order valence-corrected chi connectivity index (χ2v) is 10.5. The lowest BCUT2D eigenvalue weighted by atomic mass is 9.78. The summed E-state index contributed by atoms with van der Waals surface area (Å²) in [5.41, 5.74) is 3.69. The van der Waals surface area contributed by atoms with Gasteiger partial charge in [0, 0.05) is 25.2 Å². The Labute approximate surface area is 223 Å². The van der Waals surface area contributed by atoms with Crippen molar-refractivity contribution < 1.29 is 19.1 Å². The van der Waals surface area contributed by atoms with Crippen LogP contribution in [0, 0.1) is 11.3 Å². The van der Waals surface area contributed by atoms with Crippen LogP contribution in [0.5, 0.6) is 5.75 Å². The molecule has 7 heteroatoms. The average Bonchev–Trinajstić information content (AvgIpc) is 2.95. The maximum Gasteiger partial charge on any atom is 0.255 e. The van der Waals surface area contributed by atoms with Gasteiger partial charge in [-0.15, -0.1) is 0 Å². The first kappa shape index (κ1) is 25.7. The van der Waals surface area contributed by atoms with Crippen molar-refractivity contribution in [2.45, 2.75) is 57.0 Å². The molecule has 1 aliphatic carbocycles. The third-order valence-electron chi connectivity index (χ3n) is 7.96. The van der Waals surface area contributed by atoms with Gasteiger partial charge in [-0.3, -0.25) is 14.5 Å². The number of hydrogen-bond donors (Lipinski definition) is 1. The number of nitriles is 1. The lowest BCUT2D eigenvalue weighted by Gasteiger charge is -2.40.